The van der Waals surface area contributed by atoms with Gasteiger partial charge in [-0.1, -0.05) is 38.1 Å². The summed E-state index contributed by atoms with van der Waals surface area (Å²) in [7, 11) is 0. The Bertz CT molecular complexity index is 882. The molecule has 0 spiro atoms. The number of benzene rings is 1. The molecule has 1 aromatic carbocycles. The Hall–Kier alpha value is -2.73. The van der Waals surface area contributed by atoms with Crippen molar-refractivity contribution < 1.29 is 0 Å². The van der Waals surface area contributed by atoms with Gasteiger partial charge in [0.15, 0.2) is 5.82 Å². The lowest BCUT2D eigenvalue weighted by Crippen LogP contribution is -2.38. The van der Waals surface area contributed by atoms with Gasteiger partial charge in [0, 0.05) is 38.6 Å². The minimum Gasteiger partial charge on any atom is -0.365 e. The summed E-state index contributed by atoms with van der Waals surface area (Å²) in [5.41, 5.74) is 2.69. The van der Waals surface area contributed by atoms with E-state index in [0.29, 0.717) is 5.82 Å². The molecule has 6 heteroatoms. The van der Waals surface area contributed by atoms with Crippen LogP contribution in [0.25, 0.3) is 5.82 Å². The van der Waals surface area contributed by atoms with Crippen molar-refractivity contribution in [2.45, 2.75) is 33.4 Å². The van der Waals surface area contributed by atoms with Crippen molar-refractivity contribution in [3.05, 3.63) is 66.2 Å². The number of aromatic nitrogens is 4. The predicted molar refractivity (Wildman–Crippen MR) is 111 cm³/mol. The third-order valence-corrected chi connectivity index (χ3v) is 5.28. The molecule has 4 rings (SSSR count). The second-order valence-electron chi connectivity index (χ2n) is 7.98. The Morgan fingerprint density at radius 2 is 1.82 bits per heavy atom. The molecule has 0 saturated carbocycles. The lowest BCUT2D eigenvalue weighted by molar-refractivity contribution is 0.134. The van der Waals surface area contributed by atoms with E-state index in [0.717, 1.165) is 30.7 Å². The first-order chi connectivity index (χ1) is 13.7. The summed E-state index contributed by atoms with van der Waals surface area (Å²) in [6, 6.07) is 10.6. The monoisotopic (exact) mass is 376 g/mol. The summed E-state index contributed by atoms with van der Waals surface area (Å²) in [6.45, 7) is 8.83. The molecule has 1 saturated heterocycles. The molecule has 3 aromatic rings. The standard InChI is InChI=1S/C22H28N6/c1-17-10-18(2)15-27(14-17)16-20-7-4-3-6-19(20)11-24-21-12-23-13-22(26-21)28-9-5-8-25-28/h3-9,12-13,17-18H,10-11,14-16H2,1-2H3,(H,24,26)/t17-,18-/m0/s1. The van der Waals surface area contributed by atoms with Crippen LogP contribution in [0.1, 0.15) is 31.4 Å². The predicted octanol–water partition coefficient (Wildman–Crippen LogP) is 3.75. The highest BCUT2D eigenvalue weighted by atomic mass is 15.3. The smallest absolute Gasteiger partial charge is 0.173 e. The van der Waals surface area contributed by atoms with Crippen molar-refractivity contribution >= 4 is 5.82 Å². The fourth-order valence-electron chi connectivity index (χ4n) is 4.19. The van der Waals surface area contributed by atoms with E-state index >= 15 is 0 Å². The molecule has 1 aliphatic rings. The Balaban J connectivity index is 1.44. The van der Waals surface area contributed by atoms with E-state index in [1.165, 1.54) is 30.6 Å². The van der Waals surface area contributed by atoms with Gasteiger partial charge in [0.25, 0.3) is 0 Å². The number of rotatable bonds is 6. The van der Waals surface area contributed by atoms with E-state index in [1.54, 1.807) is 23.3 Å². The Labute approximate surface area is 166 Å². The van der Waals surface area contributed by atoms with Crippen molar-refractivity contribution in [2.75, 3.05) is 18.4 Å². The van der Waals surface area contributed by atoms with Gasteiger partial charge in [0.05, 0.1) is 12.4 Å². The number of likely N-dealkylation sites (tertiary alicyclic amines) is 1. The number of nitrogens with one attached hydrogen (secondary N) is 1. The normalized spacial score (nSPS) is 20.2. The highest BCUT2D eigenvalue weighted by Gasteiger charge is 2.22. The molecule has 0 radical (unpaired) electrons. The van der Waals surface area contributed by atoms with E-state index < -0.39 is 0 Å². The molecular formula is C22H28N6. The molecule has 1 aliphatic heterocycles. The SMILES string of the molecule is C[C@H]1C[C@H](C)CN(Cc2ccccc2CNc2cncc(-n3cccn3)n2)C1. The van der Waals surface area contributed by atoms with Crippen LogP contribution in [0.3, 0.4) is 0 Å². The zero-order valence-electron chi connectivity index (χ0n) is 16.6. The van der Waals surface area contributed by atoms with Crippen LogP contribution in [0, 0.1) is 11.8 Å². The lowest BCUT2D eigenvalue weighted by Gasteiger charge is -2.35. The molecule has 0 unspecified atom stereocenters. The lowest BCUT2D eigenvalue weighted by atomic mass is 9.91. The van der Waals surface area contributed by atoms with E-state index in [9.17, 15) is 0 Å². The van der Waals surface area contributed by atoms with Crippen LogP contribution >= 0.6 is 0 Å². The van der Waals surface area contributed by atoms with Gasteiger partial charge in [0.2, 0.25) is 0 Å². The van der Waals surface area contributed by atoms with Crippen molar-refractivity contribution in [1.82, 2.24) is 24.6 Å². The first-order valence-electron chi connectivity index (χ1n) is 10.0. The maximum absolute atomic E-state index is 4.61. The van der Waals surface area contributed by atoms with E-state index in [4.69, 9.17) is 0 Å². The molecule has 1 N–H and O–H groups in total. The Morgan fingerprint density at radius 1 is 1.04 bits per heavy atom. The van der Waals surface area contributed by atoms with Gasteiger partial charge in [-0.15, -0.1) is 0 Å². The van der Waals surface area contributed by atoms with E-state index in [-0.39, 0.29) is 0 Å². The third-order valence-electron chi connectivity index (χ3n) is 5.28. The van der Waals surface area contributed by atoms with Crippen molar-refractivity contribution in [1.29, 1.82) is 0 Å². The summed E-state index contributed by atoms with van der Waals surface area (Å²) in [5, 5.41) is 7.64. The van der Waals surface area contributed by atoms with Gasteiger partial charge < -0.3 is 5.32 Å². The average molecular weight is 377 g/mol. The molecule has 28 heavy (non-hydrogen) atoms. The minimum atomic E-state index is 0.708. The summed E-state index contributed by atoms with van der Waals surface area (Å²) in [6.07, 6.45) is 8.41. The summed E-state index contributed by atoms with van der Waals surface area (Å²) in [4.78, 5) is 11.5. The fourth-order valence-corrected chi connectivity index (χ4v) is 4.19. The van der Waals surface area contributed by atoms with Gasteiger partial charge >= 0.3 is 0 Å². The van der Waals surface area contributed by atoms with Crippen LogP contribution in [0.4, 0.5) is 5.82 Å². The van der Waals surface area contributed by atoms with E-state index in [1.807, 2.05) is 12.3 Å². The number of hydrogen-bond acceptors (Lipinski definition) is 5. The molecule has 2 aromatic heterocycles. The Kier molecular flexibility index (Phi) is 5.67. The molecule has 3 heterocycles. The maximum Gasteiger partial charge on any atom is 0.173 e. The Morgan fingerprint density at radius 3 is 2.57 bits per heavy atom. The highest BCUT2D eigenvalue weighted by molar-refractivity contribution is 5.38. The number of nitrogens with zero attached hydrogens (tertiary/aromatic N) is 5. The second kappa shape index (κ2) is 8.52. The zero-order valence-corrected chi connectivity index (χ0v) is 16.6. The number of hydrogen-bond donors (Lipinski definition) is 1. The summed E-state index contributed by atoms with van der Waals surface area (Å²) >= 11 is 0. The quantitative estimate of drug-likeness (QED) is 0.710. The molecule has 6 nitrogen and oxygen atoms in total. The number of piperidine rings is 1. The van der Waals surface area contributed by atoms with Crippen molar-refractivity contribution in [3.8, 4) is 5.82 Å². The van der Waals surface area contributed by atoms with Gasteiger partial charge in [-0.3, -0.25) is 9.88 Å². The largest absolute Gasteiger partial charge is 0.365 e. The molecule has 146 valence electrons. The second-order valence-corrected chi connectivity index (χ2v) is 7.98. The average Bonchev–Trinajstić information content (AvgIpc) is 3.22. The topological polar surface area (TPSA) is 58.9 Å². The maximum atomic E-state index is 4.61. The van der Waals surface area contributed by atoms with Crippen LogP contribution in [-0.2, 0) is 13.1 Å². The molecule has 1 fully saturated rings. The molecular weight excluding hydrogens is 348 g/mol. The van der Waals surface area contributed by atoms with Gasteiger partial charge in [0.1, 0.15) is 5.82 Å². The first-order valence-corrected chi connectivity index (χ1v) is 10.0. The first kappa shape index (κ1) is 18.6. The molecule has 0 bridgehead atoms. The minimum absolute atomic E-state index is 0.708. The zero-order chi connectivity index (χ0) is 19.3. The molecule has 0 amide bonds. The summed E-state index contributed by atoms with van der Waals surface area (Å²) in [5.74, 6) is 3.01. The van der Waals surface area contributed by atoms with Crippen LogP contribution in [0.15, 0.2) is 55.1 Å². The van der Waals surface area contributed by atoms with Gasteiger partial charge in [-0.25, -0.2) is 9.67 Å². The van der Waals surface area contributed by atoms with Crippen LogP contribution in [0.2, 0.25) is 0 Å². The summed E-state index contributed by atoms with van der Waals surface area (Å²) < 4.78 is 1.71. The third kappa shape index (κ3) is 4.57. The number of anilines is 1. The van der Waals surface area contributed by atoms with Crippen LogP contribution < -0.4 is 5.32 Å². The van der Waals surface area contributed by atoms with Crippen molar-refractivity contribution in [3.63, 3.8) is 0 Å². The fraction of sp³-hybridized carbons (Fsp3) is 0.409. The molecule has 2 atom stereocenters. The van der Waals surface area contributed by atoms with Crippen LogP contribution in [-0.4, -0.2) is 37.7 Å². The van der Waals surface area contributed by atoms with Gasteiger partial charge in [-0.05, 0) is 35.4 Å². The highest BCUT2D eigenvalue weighted by Crippen LogP contribution is 2.23. The van der Waals surface area contributed by atoms with Gasteiger partial charge in [-0.2, -0.15) is 5.10 Å². The van der Waals surface area contributed by atoms with Crippen LogP contribution in [0.5, 0.6) is 0 Å². The molecule has 0 aliphatic carbocycles. The van der Waals surface area contributed by atoms with Crippen molar-refractivity contribution in [2.24, 2.45) is 11.8 Å². The van der Waals surface area contributed by atoms with E-state index in [2.05, 4.69) is 63.4 Å².